The van der Waals surface area contributed by atoms with Gasteiger partial charge >= 0.3 is 0 Å². The van der Waals surface area contributed by atoms with Crippen molar-refractivity contribution in [3.63, 3.8) is 0 Å². The van der Waals surface area contributed by atoms with Gasteiger partial charge in [-0.25, -0.2) is 15.0 Å². The molecule has 0 aliphatic carbocycles. The quantitative estimate of drug-likeness (QED) is 0.178. The molecule has 0 fully saturated rings. The van der Waals surface area contributed by atoms with Crippen LogP contribution >= 0.6 is 0 Å². The summed E-state index contributed by atoms with van der Waals surface area (Å²) in [5.74, 6) is 1.89. The molecule has 5 nitrogen and oxygen atoms in total. The van der Waals surface area contributed by atoms with Gasteiger partial charge in [-0.2, -0.15) is 0 Å². The largest absolute Gasteiger partial charge is 0.315 e. The summed E-state index contributed by atoms with van der Waals surface area (Å²) in [7, 11) is 0. The van der Waals surface area contributed by atoms with Gasteiger partial charge in [0.2, 0.25) is 0 Å². The minimum absolute atomic E-state index is 0.616. The standard InChI is InChI=1S/C47H31N5/c1-5-15-32(16-6-1)36-29-37(47-49-45(34-17-7-2-8-18-34)48-46(50-47)35-19-9-3-10-20-35)31-39(30-36)52-42-24-14-13-23-40(42)41-26-25-33-27-28-51(43(33)44(41)52)38-21-11-4-12-22-38/h1-31H. The second-order valence-electron chi connectivity index (χ2n) is 12.9. The van der Waals surface area contributed by atoms with Gasteiger partial charge in [-0.15, -0.1) is 0 Å². The molecule has 0 amide bonds. The monoisotopic (exact) mass is 665 g/mol. The summed E-state index contributed by atoms with van der Waals surface area (Å²) in [6.45, 7) is 0. The first-order valence-corrected chi connectivity index (χ1v) is 17.5. The van der Waals surface area contributed by atoms with Gasteiger partial charge in [-0.1, -0.05) is 140 Å². The summed E-state index contributed by atoms with van der Waals surface area (Å²) < 4.78 is 4.72. The predicted octanol–water partition coefficient (Wildman–Crippen LogP) is 11.6. The smallest absolute Gasteiger partial charge is 0.164 e. The highest BCUT2D eigenvalue weighted by Gasteiger charge is 2.20. The van der Waals surface area contributed by atoms with Gasteiger partial charge in [0, 0.05) is 50.4 Å². The molecule has 0 N–H and O–H groups in total. The van der Waals surface area contributed by atoms with Crippen LogP contribution in [0.4, 0.5) is 0 Å². The van der Waals surface area contributed by atoms with Crippen molar-refractivity contribution in [3.05, 3.63) is 188 Å². The van der Waals surface area contributed by atoms with Gasteiger partial charge in [0.05, 0.1) is 16.6 Å². The molecule has 0 atom stereocenters. The Bertz CT molecular complexity index is 2820. The van der Waals surface area contributed by atoms with Gasteiger partial charge in [-0.3, -0.25) is 0 Å². The molecule has 0 bridgehead atoms. The Hall–Kier alpha value is -7.11. The fourth-order valence-electron chi connectivity index (χ4n) is 7.35. The van der Waals surface area contributed by atoms with E-state index in [1.807, 2.05) is 60.7 Å². The first-order valence-electron chi connectivity index (χ1n) is 17.5. The highest BCUT2D eigenvalue weighted by Crippen LogP contribution is 2.40. The van der Waals surface area contributed by atoms with Crippen molar-refractivity contribution in [1.29, 1.82) is 0 Å². The zero-order valence-electron chi connectivity index (χ0n) is 28.1. The summed E-state index contributed by atoms with van der Waals surface area (Å²) in [5.41, 5.74) is 10.6. The molecule has 7 aromatic carbocycles. The van der Waals surface area contributed by atoms with Gasteiger partial charge in [-0.05, 0) is 53.6 Å². The van der Waals surface area contributed by atoms with Crippen LogP contribution < -0.4 is 0 Å². The number of fused-ring (bicyclic) bond motifs is 5. The average Bonchev–Trinajstić information content (AvgIpc) is 3.81. The molecule has 3 heterocycles. The van der Waals surface area contributed by atoms with Crippen LogP contribution in [0.25, 0.3) is 89.4 Å². The van der Waals surface area contributed by atoms with E-state index in [1.54, 1.807) is 0 Å². The minimum Gasteiger partial charge on any atom is -0.315 e. The third-order valence-corrected chi connectivity index (χ3v) is 9.76. The van der Waals surface area contributed by atoms with Crippen LogP contribution in [0.2, 0.25) is 0 Å². The van der Waals surface area contributed by atoms with Gasteiger partial charge < -0.3 is 9.13 Å². The normalized spacial score (nSPS) is 11.5. The van der Waals surface area contributed by atoms with E-state index in [2.05, 4.69) is 137 Å². The SMILES string of the molecule is c1ccc(-c2cc(-c3nc(-c4ccccc4)nc(-c4ccccc4)n3)cc(-n3c4ccccc4c4ccc5ccn(-c6ccccc6)c5c43)c2)cc1. The van der Waals surface area contributed by atoms with Crippen molar-refractivity contribution in [3.8, 4) is 56.7 Å². The van der Waals surface area contributed by atoms with Crippen molar-refractivity contribution in [2.75, 3.05) is 0 Å². The molecule has 0 radical (unpaired) electrons. The van der Waals surface area contributed by atoms with Crippen molar-refractivity contribution < 1.29 is 0 Å². The van der Waals surface area contributed by atoms with Crippen molar-refractivity contribution in [1.82, 2.24) is 24.1 Å². The van der Waals surface area contributed by atoms with Gasteiger partial charge in [0.15, 0.2) is 17.5 Å². The lowest BCUT2D eigenvalue weighted by Crippen LogP contribution is -2.02. The Labute approximate surface area is 300 Å². The molecular formula is C47H31N5. The lowest BCUT2D eigenvalue weighted by atomic mass is 10.0. The number of nitrogens with zero attached hydrogens (tertiary/aromatic N) is 5. The molecule has 10 rings (SSSR count). The van der Waals surface area contributed by atoms with E-state index in [0.29, 0.717) is 17.5 Å². The second kappa shape index (κ2) is 12.3. The number of rotatable bonds is 6. The Morgan fingerprint density at radius 3 is 1.54 bits per heavy atom. The third kappa shape index (κ3) is 5.07. The Morgan fingerprint density at radius 2 is 0.885 bits per heavy atom. The van der Waals surface area contributed by atoms with E-state index in [4.69, 9.17) is 15.0 Å². The lowest BCUT2D eigenvalue weighted by molar-refractivity contribution is 1.07. The van der Waals surface area contributed by atoms with Crippen LogP contribution in [0, 0.1) is 0 Å². The highest BCUT2D eigenvalue weighted by atomic mass is 15.0. The van der Waals surface area contributed by atoms with Crippen molar-refractivity contribution in [2.24, 2.45) is 0 Å². The van der Waals surface area contributed by atoms with E-state index >= 15 is 0 Å². The molecule has 0 unspecified atom stereocenters. The number of para-hydroxylation sites is 2. The van der Waals surface area contributed by atoms with Crippen LogP contribution in [-0.2, 0) is 0 Å². The van der Waals surface area contributed by atoms with Crippen molar-refractivity contribution >= 4 is 32.7 Å². The maximum absolute atomic E-state index is 5.14. The number of aromatic nitrogens is 5. The summed E-state index contributed by atoms with van der Waals surface area (Å²) in [4.78, 5) is 15.3. The summed E-state index contributed by atoms with van der Waals surface area (Å²) in [5, 5.41) is 3.57. The maximum Gasteiger partial charge on any atom is 0.164 e. The van der Waals surface area contributed by atoms with Gasteiger partial charge in [0.1, 0.15) is 0 Å². The molecule has 3 aromatic heterocycles. The lowest BCUT2D eigenvalue weighted by Gasteiger charge is -2.15. The van der Waals surface area contributed by atoms with Crippen LogP contribution in [0.5, 0.6) is 0 Å². The number of hydrogen-bond donors (Lipinski definition) is 0. The molecule has 0 aliphatic rings. The Kier molecular flexibility index (Phi) is 7.07. The fourth-order valence-corrected chi connectivity index (χ4v) is 7.35. The maximum atomic E-state index is 5.14. The Balaban J connectivity index is 1.29. The van der Waals surface area contributed by atoms with Crippen LogP contribution in [-0.4, -0.2) is 24.1 Å². The van der Waals surface area contributed by atoms with E-state index in [9.17, 15) is 0 Å². The van der Waals surface area contributed by atoms with Crippen LogP contribution in [0.3, 0.4) is 0 Å². The first kappa shape index (κ1) is 29.8. The third-order valence-electron chi connectivity index (χ3n) is 9.76. The van der Waals surface area contributed by atoms with E-state index in [-0.39, 0.29) is 0 Å². The number of hydrogen-bond acceptors (Lipinski definition) is 3. The first-order chi connectivity index (χ1) is 25.8. The molecule has 0 saturated heterocycles. The zero-order chi connectivity index (χ0) is 34.4. The topological polar surface area (TPSA) is 48.5 Å². The molecule has 0 aliphatic heterocycles. The van der Waals surface area contributed by atoms with Crippen LogP contribution in [0.15, 0.2) is 188 Å². The van der Waals surface area contributed by atoms with E-state index in [1.165, 1.54) is 16.2 Å². The van der Waals surface area contributed by atoms with E-state index < -0.39 is 0 Å². The predicted molar refractivity (Wildman–Crippen MR) is 213 cm³/mol. The zero-order valence-corrected chi connectivity index (χ0v) is 28.1. The molecule has 0 spiro atoms. The average molecular weight is 666 g/mol. The van der Waals surface area contributed by atoms with Gasteiger partial charge in [0.25, 0.3) is 0 Å². The highest BCUT2D eigenvalue weighted by molar-refractivity contribution is 6.18. The molecule has 5 heteroatoms. The molecular weight excluding hydrogens is 635 g/mol. The second-order valence-corrected chi connectivity index (χ2v) is 12.9. The molecule has 244 valence electrons. The van der Waals surface area contributed by atoms with Crippen molar-refractivity contribution in [2.45, 2.75) is 0 Å². The molecule has 0 saturated carbocycles. The molecule has 52 heavy (non-hydrogen) atoms. The summed E-state index contributed by atoms with van der Waals surface area (Å²) >= 11 is 0. The Morgan fingerprint density at radius 1 is 0.346 bits per heavy atom. The minimum atomic E-state index is 0.616. The van der Waals surface area contributed by atoms with Crippen LogP contribution in [0.1, 0.15) is 0 Å². The number of benzene rings is 7. The summed E-state index contributed by atoms with van der Waals surface area (Å²) in [6.07, 6.45) is 2.17. The van der Waals surface area contributed by atoms with E-state index in [0.717, 1.165) is 55.7 Å². The fraction of sp³-hybridized carbons (Fsp3) is 0. The summed E-state index contributed by atoms with van der Waals surface area (Å²) in [6, 6.07) is 63.5. The molecule has 10 aromatic rings.